The van der Waals surface area contributed by atoms with Crippen molar-refractivity contribution in [1.29, 1.82) is 0 Å². The van der Waals surface area contributed by atoms with E-state index in [1.807, 2.05) is 0 Å². The highest BCUT2D eigenvalue weighted by molar-refractivity contribution is 7.91. The summed E-state index contributed by atoms with van der Waals surface area (Å²) in [7, 11) is -2.98. The molecular weight excluding hydrogens is 300 g/mol. The maximum atomic E-state index is 12.1. The summed E-state index contributed by atoms with van der Waals surface area (Å²) in [5.74, 6) is 0.466. The number of hydrogen-bond acceptors (Lipinski definition) is 5. The van der Waals surface area contributed by atoms with E-state index in [2.05, 4.69) is 41.0 Å². The van der Waals surface area contributed by atoms with Crippen LogP contribution in [0.4, 0.5) is 0 Å². The Morgan fingerprint density at radius 2 is 1.68 bits per heavy atom. The van der Waals surface area contributed by atoms with Gasteiger partial charge in [0.1, 0.15) is 0 Å². The summed E-state index contributed by atoms with van der Waals surface area (Å²) in [6.45, 7) is 5.19. The Kier molecular flexibility index (Phi) is 4.54. The highest BCUT2D eigenvalue weighted by Crippen LogP contribution is 2.28. The molecule has 2 atom stereocenters. The molecule has 1 aromatic carbocycles. The summed E-state index contributed by atoms with van der Waals surface area (Å²) in [6.07, 6.45) is 0. The summed E-state index contributed by atoms with van der Waals surface area (Å²) in [6, 6.07) is 8.50. The first-order valence-corrected chi connectivity index (χ1v) is 9.65. The average molecular weight is 324 g/mol. The zero-order valence-corrected chi connectivity index (χ0v) is 13.8. The summed E-state index contributed by atoms with van der Waals surface area (Å²) in [5.41, 5.74) is 2.46. The number of fused-ring (bicyclic) bond motifs is 1. The van der Waals surface area contributed by atoms with Gasteiger partial charge >= 0.3 is 0 Å². The Bertz CT molecular complexity index is 615. The van der Waals surface area contributed by atoms with E-state index in [0.29, 0.717) is 6.54 Å². The van der Waals surface area contributed by atoms with E-state index in [1.165, 1.54) is 11.1 Å². The maximum Gasteiger partial charge on any atom is 0.153 e. The van der Waals surface area contributed by atoms with Gasteiger partial charge in [-0.05, 0) is 12.5 Å². The van der Waals surface area contributed by atoms with Crippen LogP contribution in [0.15, 0.2) is 24.3 Å². The first-order chi connectivity index (χ1) is 10.5. The van der Waals surface area contributed by atoms with Crippen LogP contribution in [-0.4, -0.2) is 73.2 Å². The molecule has 6 heteroatoms. The van der Waals surface area contributed by atoms with Gasteiger partial charge in [-0.25, -0.2) is 8.42 Å². The van der Waals surface area contributed by atoms with E-state index >= 15 is 0 Å². The van der Waals surface area contributed by atoms with Crippen LogP contribution in [-0.2, 0) is 16.4 Å². The standard InChI is InChI=1S/C16H24N2O3S/c1-13-2-4-14(5-3-13)10-18-7-6-17(8-9-19)15-11-22(20,21)12-16(15)18/h2-5,15-16,19H,6-12H2,1H3. The van der Waals surface area contributed by atoms with Crippen LogP contribution in [0.2, 0.25) is 0 Å². The zero-order valence-electron chi connectivity index (χ0n) is 13.0. The second-order valence-electron chi connectivity index (χ2n) is 6.43. The van der Waals surface area contributed by atoms with Gasteiger partial charge in [-0.3, -0.25) is 9.80 Å². The Morgan fingerprint density at radius 1 is 1.09 bits per heavy atom. The molecule has 22 heavy (non-hydrogen) atoms. The molecule has 2 unspecified atom stereocenters. The van der Waals surface area contributed by atoms with Crippen LogP contribution < -0.4 is 0 Å². The lowest BCUT2D eigenvalue weighted by Crippen LogP contribution is -2.59. The third kappa shape index (κ3) is 3.35. The molecule has 0 bridgehead atoms. The molecule has 3 rings (SSSR count). The van der Waals surface area contributed by atoms with Gasteiger partial charge < -0.3 is 5.11 Å². The summed E-state index contributed by atoms with van der Waals surface area (Å²) in [4.78, 5) is 4.44. The third-order valence-corrected chi connectivity index (χ3v) is 6.50. The lowest BCUT2D eigenvalue weighted by molar-refractivity contribution is 0.0308. The van der Waals surface area contributed by atoms with Crippen LogP contribution in [0, 0.1) is 6.92 Å². The van der Waals surface area contributed by atoms with Gasteiger partial charge in [0.25, 0.3) is 0 Å². The lowest BCUT2D eigenvalue weighted by Gasteiger charge is -2.43. The quantitative estimate of drug-likeness (QED) is 0.861. The van der Waals surface area contributed by atoms with Crippen molar-refractivity contribution in [3.8, 4) is 0 Å². The molecule has 2 saturated heterocycles. The van der Waals surface area contributed by atoms with E-state index in [4.69, 9.17) is 0 Å². The fourth-order valence-electron chi connectivity index (χ4n) is 3.63. The molecule has 0 spiro atoms. The van der Waals surface area contributed by atoms with Gasteiger partial charge in [-0.2, -0.15) is 0 Å². The molecule has 0 radical (unpaired) electrons. The van der Waals surface area contributed by atoms with Crippen molar-refractivity contribution < 1.29 is 13.5 Å². The van der Waals surface area contributed by atoms with Crippen molar-refractivity contribution in [2.75, 3.05) is 37.7 Å². The fraction of sp³-hybridized carbons (Fsp3) is 0.625. The average Bonchev–Trinajstić information content (AvgIpc) is 2.80. The van der Waals surface area contributed by atoms with Crippen molar-refractivity contribution in [2.24, 2.45) is 0 Å². The molecule has 5 nitrogen and oxygen atoms in total. The van der Waals surface area contributed by atoms with Gasteiger partial charge in [0.15, 0.2) is 9.84 Å². The predicted octanol–water partition coefficient (Wildman–Crippen LogP) is 0.271. The molecule has 1 aromatic rings. The number of sulfone groups is 1. The minimum Gasteiger partial charge on any atom is -0.395 e. The Morgan fingerprint density at radius 3 is 2.32 bits per heavy atom. The minimum atomic E-state index is -2.98. The van der Waals surface area contributed by atoms with Gasteiger partial charge in [0.2, 0.25) is 0 Å². The molecule has 2 fully saturated rings. The molecule has 0 aliphatic carbocycles. The minimum absolute atomic E-state index is 0.0244. The third-order valence-electron chi connectivity index (χ3n) is 4.80. The normalized spacial score (nSPS) is 28.6. The van der Waals surface area contributed by atoms with Crippen LogP contribution >= 0.6 is 0 Å². The van der Waals surface area contributed by atoms with Gasteiger partial charge in [-0.1, -0.05) is 29.8 Å². The van der Waals surface area contributed by atoms with E-state index < -0.39 is 9.84 Å². The zero-order chi connectivity index (χ0) is 15.7. The van der Waals surface area contributed by atoms with E-state index in [0.717, 1.165) is 19.6 Å². The van der Waals surface area contributed by atoms with Crippen LogP contribution in [0.1, 0.15) is 11.1 Å². The van der Waals surface area contributed by atoms with Crippen LogP contribution in [0.25, 0.3) is 0 Å². The van der Waals surface area contributed by atoms with Crippen LogP contribution in [0.5, 0.6) is 0 Å². The lowest BCUT2D eigenvalue weighted by atomic mass is 10.0. The van der Waals surface area contributed by atoms with E-state index in [1.54, 1.807) is 0 Å². The highest BCUT2D eigenvalue weighted by Gasteiger charge is 2.46. The Labute approximate surface area is 132 Å². The number of rotatable bonds is 4. The van der Waals surface area contributed by atoms with Crippen molar-refractivity contribution in [3.63, 3.8) is 0 Å². The Hall–Kier alpha value is -0.950. The van der Waals surface area contributed by atoms with Crippen molar-refractivity contribution in [2.45, 2.75) is 25.6 Å². The van der Waals surface area contributed by atoms with Gasteiger partial charge in [-0.15, -0.1) is 0 Å². The Balaban J connectivity index is 1.77. The summed E-state index contributed by atoms with van der Waals surface area (Å²) in [5, 5.41) is 9.19. The largest absolute Gasteiger partial charge is 0.395 e. The number of piperazine rings is 1. The molecule has 0 amide bonds. The number of aryl methyl sites for hydroxylation is 1. The van der Waals surface area contributed by atoms with Crippen LogP contribution in [0.3, 0.4) is 0 Å². The number of aliphatic hydroxyl groups excluding tert-OH is 1. The van der Waals surface area contributed by atoms with E-state index in [-0.39, 0.29) is 30.2 Å². The van der Waals surface area contributed by atoms with Crippen molar-refractivity contribution >= 4 is 9.84 Å². The second kappa shape index (κ2) is 6.28. The number of β-amino-alcohol motifs (C(OH)–C–C–N with tert-alkyl or cyclic N) is 1. The monoisotopic (exact) mass is 324 g/mol. The first-order valence-electron chi connectivity index (χ1n) is 7.83. The van der Waals surface area contributed by atoms with E-state index in [9.17, 15) is 13.5 Å². The number of hydrogen-bond donors (Lipinski definition) is 1. The fourth-order valence-corrected chi connectivity index (χ4v) is 5.67. The second-order valence-corrected chi connectivity index (χ2v) is 8.58. The highest BCUT2D eigenvalue weighted by atomic mass is 32.2. The molecule has 2 aliphatic heterocycles. The van der Waals surface area contributed by atoms with Crippen molar-refractivity contribution in [3.05, 3.63) is 35.4 Å². The molecule has 0 aromatic heterocycles. The first kappa shape index (κ1) is 15.9. The topological polar surface area (TPSA) is 60.9 Å². The van der Waals surface area contributed by atoms with Gasteiger partial charge in [0, 0.05) is 38.3 Å². The molecular formula is C16H24N2O3S. The molecule has 2 aliphatic rings. The number of benzene rings is 1. The summed E-state index contributed by atoms with van der Waals surface area (Å²) < 4.78 is 24.1. The number of aliphatic hydroxyl groups is 1. The van der Waals surface area contributed by atoms with Gasteiger partial charge in [0.05, 0.1) is 18.1 Å². The summed E-state index contributed by atoms with van der Waals surface area (Å²) >= 11 is 0. The smallest absolute Gasteiger partial charge is 0.153 e. The molecule has 2 heterocycles. The molecule has 1 N–H and O–H groups in total. The van der Waals surface area contributed by atoms with Crippen molar-refractivity contribution in [1.82, 2.24) is 9.80 Å². The molecule has 122 valence electrons. The SMILES string of the molecule is Cc1ccc(CN2CCN(CCO)C3CS(=O)(=O)CC32)cc1. The predicted molar refractivity (Wildman–Crippen MR) is 86.5 cm³/mol. The maximum absolute atomic E-state index is 12.1. The molecule has 0 saturated carbocycles. The number of nitrogens with zero attached hydrogens (tertiary/aromatic N) is 2.